The molecule has 1 aromatic heterocycles. The highest BCUT2D eigenvalue weighted by molar-refractivity contribution is 6.31. The molecule has 1 aliphatic heterocycles. The summed E-state index contributed by atoms with van der Waals surface area (Å²) >= 11 is 6.02. The third-order valence-electron chi connectivity index (χ3n) is 3.44. The average molecular weight is 265 g/mol. The van der Waals surface area contributed by atoms with E-state index in [1.165, 1.54) is 0 Å². The molecule has 5 heteroatoms. The van der Waals surface area contributed by atoms with Gasteiger partial charge in [-0.05, 0) is 31.2 Å². The fourth-order valence-electron chi connectivity index (χ4n) is 2.49. The molecule has 3 rings (SSSR count). The van der Waals surface area contributed by atoms with Gasteiger partial charge in [-0.15, -0.1) is 0 Å². The number of nitrogens with one attached hydrogen (secondary N) is 1. The number of fused-ring (bicyclic) bond motifs is 1. The molecular weight excluding hydrogens is 248 g/mol. The lowest BCUT2D eigenvalue weighted by atomic mass is 10.3. The second-order valence-electron chi connectivity index (χ2n) is 4.69. The topological polar surface area (TPSA) is 33.1 Å². The number of rotatable bonds is 1. The zero-order chi connectivity index (χ0) is 12.5. The third kappa shape index (κ3) is 2.06. The van der Waals surface area contributed by atoms with E-state index in [1.54, 1.807) is 0 Å². The lowest BCUT2D eigenvalue weighted by molar-refractivity contribution is 0.724. The molecule has 0 spiro atoms. The SMILES string of the molecule is Cn1c(N2CCCNCC2)nc2cc(Cl)ccc21. The van der Waals surface area contributed by atoms with Crippen LogP contribution >= 0.6 is 11.6 Å². The fraction of sp³-hybridized carbons (Fsp3) is 0.462. The zero-order valence-electron chi connectivity index (χ0n) is 10.5. The molecule has 2 aromatic rings. The number of hydrogen-bond acceptors (Lipinski definition) is 3. The third-order valence-corrected chi connectivity index (χ3v) is 3.68. The van der Waals surface area contributed by atoms with Crippen LogP contribution < -0.4 is 10.2 Å². The van der Waals surface area contributed by atoms with Crippen molar-refractivity contribution in [3.63, 3.8) is 0 Å². The highest BCUT2D eigenvalue weighted by atomic mass is 35.5. The summed E-state index contributed by atoms with van der Waals surface area (Å²) in [6.07, 6.45) is 1.16. The molecule has 2 heterocycles. The van der Waals surface area contributed by atoms with Gasteiger partial charge >= 0.3 is 0 Å². The van der Waals surface area contributed by atoms with Gasteiger partial charge in [0, 0.05) is 31.7 Å². The Bertz CT molecular complexity index is 555. The largest absolute Gasteiger partial charge is 0.341 e. The van der Waals surface area contributed by atoms with E-state index in [-0.39, 0.29) is 0 Å². The van der Waals surface area contributed by atoms with Gasteiger partial charge in [0.15, 0.2) is 0 Å². The second kappa shape index (κ2) is 4.78. The molecule has 4 nitrogen and oxygen atoms in total. The Morgan fingerprint density at radius 1 is 1.28 bits per heavy atom. The molecular formula is C13H17ClN4. The molecule has 1 N–H and O–H groups in total. The van der Waals surface area contributed by atoms with Crippen LogP contribution in [0.1, 0.15) is 6.42 Å². The molecule has 0 amide bonds. The molecule has 1 aromatic carbocycles. The number of aromatic nitrogens is 2. The predicted octanol–water partition coefficient (Wildman–Crippen LogP) is 2.03. The number of imidazole rings is 1. The van der Waals surface area contributed by atoms with Crippen molar-refractivity contribution in [3.05, 3.63) is 23.2 Å². The Hall–Kier alpha value is -1.26. The number of hydrogen-bond donors (Lipinski definition) is 1. The van der Waals surface area contributed by atoms with E-state index in [9.17, 15) is 0 Å². The van der Waals surface area contributed by atoms with Crippen LogP contribution in [0.3, 0.4) is 0 Å². The van der Waals surface area contributed by atoms with Crippen molar-refractivity contribution in [2.45, 2.75) is 6.42 Å². The molecule has 0 saturated carbocycles. The van der Waals surface area contributed by atoms with Crippen LogP contribution in [0.5, 0.6) is 0 Å². The van der Waals surface area contributed by atoms with E-state index in [2.05, 4.69) is 21.8 Å². The van der Waals surface area contributed by atoms with Gasteiger partial charge in [0.2, 0.25) is 5.95 Å². The van der Waals surface area contributed by atoms with Crippen LogP contribution in [0.25, 0.3) is 11.0 Å². The maximum atomic E-state index is 6.02. The Balaban J connectivity index is 2.02. The van der Waals surface area contributed by atoms with Crippen LogP contribution in [0, 0.1) is 0 Å². The highest BCUT2D eigenvalue weighted by Crippen LogP contribution is 2.24. The van der Waals surface area contributed by atoms with Crippen molar-refractivity contribution in [1.82, 2.24) is 14.9 Å². The van der Waals surface area contributed by atoms with Crippen LogP contribution in [-0.2, 0) is 7.05 Å². The second-order valence-corrected chi connectivity index (χ2v) is 5.13. The van der Waals surface area contributed by atoms with Gasteiger partial charge < -0.3 is 14.8 Å². The summed E-state index contributed by atoms with van der Waals surface area (Å²) in [6, 6.07) is 5.88. The zero-order valence-corrected chi connectivity index (χ0v) is 11.2. The van der Waals surface area contributed by atoms with Crippen molar-refractivity contribution in [2.24, 2.45) is 7.05 Å². The molecule has 0 bridgehead atoms. The monoisotopic (exact) mass is 264 g/mol. The van der Waals surface area contributed by atoms with Crippen molar-refractivity contribution < 1.29 is 0 Å². The standard InChI is InChI=1S/C13H17ClN4/c1-17-12-4-3-10(14)9-11(12)16-13(17)18-7-2-5-15-6-8-18/h3-4,9,15H,2,5-8H2,1H3. The van der Waals surface area contributed by atoms with E-state index in [4.69, 9.17) is 16.6 Å². The fourth-order valence-corrected chi connectivity index (χ4v) is 2.66. The van der Waals surface area contributed by atoms with Gasteiger partial charge in [0.25, 0.3) is 0 Å². The Labute approximate surface area is 112 Å². The molecule has 0 radical (unpaired) electrons. The van der Waals surface area contributed by atoms with Gasteiger partial charge in [-0.2, -0.15) is 0 Å². The lowest BCUT2D eigenvalue weighted by Crippen LogP contribution is -2.29. The molecule has 1 fully saturated rings. The first-order valence-corrected chi connectivity index (χ1v) is 6.71. The van der Waals surface area contributed by atoms with E-state index in [0.29, 0.717) is 0 Å². The highest BCUT2D eigenvalue weighted by Gasteiger charge is 2.16. The maximum absolute atomic E-state index is 6.02. The minimum atomic E-state index is 0.740. The summed E-state index contributed by atoms with van der Waals surface area (Å²) in [5, 5.41) is 4.15. The molecule has 1 saturated heterocycles. The Morgan fingerprint density at radius 2 is 2.17 bits per heavy atom. The van der Waals surface area contributed by atoms with Crippen LogP contribution in [0.15, 0.2) is 18.2 Å². The van der Waals surface area contributed by atoms with Crippen molar-refractivity contribution in [2.75, 3.05) is 31.1 Å². The summed E-state index contributed by atoms with van der Waals surface area (Å²) in [5.41, 5.74) is 2.10. The number of nitrogens with zero attached hydrogens (tertiary/aromatic N) is 3. The lowest BCUT2D eigenvalue weighted by Gasteiger charge is -2.20. The van der Waals surface area contributed by atoms with Gasteiger partial charge in [0.05, 0.1) is 11.0 Å². The summed E-state index contributed by atoms with van der Waals surface area (Å²) in [5.74, 6) is 1.04. The Morgan fingerprint density at radius 3 is 3.06 bits per heavy atom. The van der Waals surface area contributed by atoms with E-state index in [1.807, 2.05) is 18.2 Å². The van der Waals surface area contributed by atoms with E-state index >= 15 is 0 Å². The van der Waals surface area contributed by atoms with Crippen LogP contribution in [0.2, 0.25) is 5.02 Å². The molecule has 0 atom stereocenters. The minimum Gasteiger partial charge on any atom is -0.341 e. The summed E-state index contributed by atoms with van der Waals surface area (Å²) in [4.78, 5) is 7.06. The first kappa shape index (κ1) is 11.8. The number of aryl methyl sites for hydroxylation is 1. The molecule has 0 aliphatic carbocycles. The van der Waals surface area contributed by atoms with Crippen LogP contribution in [-0.4, -0.2) is 35.7 Å². The normalized spacial score (nSPS) is 17.1. The first-order valence-electron chi connectivity index (χ1n) is 6.33. The number of halogens is 1. The molecule has 0 unspecified atom stereocenters. The maximum Gasteiger partial charge on any atom is 0.206 e. The average Bonchev–Trinajstić information content (AvgIpc) is 2.57. The van der Waals surface area contributed by atoms with Crippen molar-refractivity contribution in [3.8, 4) is 0 Å². The molecule has 18 heavy (non-hydrogen) atoms. The van der Waals surface area contributed by atoms with E-state index < -0.39 is 0 Å². The van der Waals surface area contributed by atoms with Gasteiger partial charge in [-0.1, -0.05) is 11.6 Å². The van der Waals surface area contributed by atoms with Gasteiger partial charge in [-0.25, -0.2) is 4.98 Å². The van der Waals surface area contributed by atoms with Crippen molar-refractivity contribution in [1.29, 1.82) is 0 Å². The molecule has 96 valence electrons. The summed E-state index contributed by atoms with van der Waals surface area (Å²) in [7, 11) is 2.07. The number of benzene rings is 1. The predicted molar refractivity (Wildman–Crippen MR) is 75.4 cm³/mol. The van der Waals surface area contributed by atoms with E-state index in [0.717, 1.165) is 54.6 Å². The smallest absolute Gasteiger partial charge is 0.206 e. The Kier molecular flexibility index (Phi) is 3.14. The first-order chi connectivity index (χ1) is 8.75. The molecule has 1 aliphatic rings. The summed E-state index contributed by atoms with van der Waals surface area (Å²) in [6.45, 7) is 4.17. The van der Waals surface area contributed by atoms with Crippen molar-refractivity contribution >= 4 is 28.6 Å². The minimum absolute atomic E-state index is 0.740. The quantitative estimate of drug-likeness (QED) is 0.856. The van der Waals surface area contributed by atoms with Crippen LogP contribution in [0.4, 0.5) is 5.95 Å². The van der Waals surface area contributed by atoms with Gasteiger partial charge in [0.1, 0.15) is 0 Å². The number of anilines is 1. The summed E-state index contributed by atoms with van der Waals surface area (Å²) < 4.78 is 2.15. The van der Waals surface area contributed by atoms with Gasteiger partial charge in [-0.3, -0.25) is 0 Å².